The number of carbonyl (C=O) groups excluding carboxylic acids is 1. The van der Waals surface area contributed by atoms with Crippen LogP contribution in [-0.4, -0.2) is 34.9 Å². The summed E-state index contributed by atoms with van der Waals surface area (Å²) in [6.07, 6.45) is 13.2. The maximum absolute atomic E-state index is 12.4. The lowest BCUT2D eigenvalue weighted by Gasteiger charge is -2.62. The van der Waals surface area contributed by atoms with Crippen LogP contribution in [-0.2, 0) is 4.79 Å². The van der Waals surface area contributed by atoms with Crippen LogP contribution in [0.2, 0.25) is 0 Å². The highest BCUT2D eigenvalue weighted by Gasteiger charge is 2.61. The van der Waals surface area contributed by atoms with Crippen LogP contribution in [0.15, 0.2) is 0 Å². The first-order valence-corrected chi connectivity index (χ1v) is 14.1. The van der Waals surface area contributed by atoms with Crippen molar-refractivity contribution in [1.29, 1.82) is 0 Å². The molecule has 1 aliphatic heterocycles. The van der Waals surface area contributed by atoms with E-state index in [1.165, 1.54) is 57.1 Å². The summed E-state index contributed by atoms with van der Waals surface area (Å²) < 4.78 is 0. The van der Waals surface area contributed by atoms with Crippen LogP contribution in [0, 0.1) is 40.4 Å². The summed E-state index contributed by atoms with van der Waals surface area (Å²) in [5.41, 5.74) is 0.941. The standard InChI is InChI=1S/C27H47NOS/c1-18(2)30-17-7-8-19(3)21-10-11-22-20-9-12-24-27(5,16-14-25(29)28(24)6)23(20)13-15-26(21,22)4/h18-24H,7-17H2,1-6H3/t19-,20+,21-,22+,23+,24-,26-,27-/m1/s1. The Balaban J connectivity index is 1.44. The number of hydrogen-bond acceptors (Lipinski definition) is 2. The average Bonchev–Trinajstić information content (AvgIpc) is 3.05. The van der Waals surface area contributed by atoms with E-state index in [2.05, 4.69) is 58.3 Å². The molecule has 0 aromatic carbocycles. The third-order valence-electron chi connectivity index (χ3n) is 10.6. The number of likely N-dealkylation sites (tertiary alicyclic amines) is 1. The van der Waals surface area contributed by atoms with Crippen molar-refractivity contribution in [2.45, 2.75) is 110 Å². The fourth-order valence-corrected chi connectivity index (χ4v) is 9.86. The summed E-state index contributed by atoms with van der Waals surface area (Å²) in [5, 5.41) is 0.773. The van der Waals surface area contributed by atoms with Crippen molar-refractivity contribution < 1.29 is 4.79 Å². The minimum absolute atomic E-state index is 0.366. The molecule has 0 spiro atoms. The van der Waals surface area contributed by atoms with Crippen LogP contribution in [0.4, 0.5) is 0 Å². The van der Waals surface area contributed by atoms with Crippen molar-refractivity contribution in [3.8, 4) is 0 Å². The number of carbonyl (C=O) groups is 1. The lowest BCUT2D eigenvalue weighted by atomic mass is 9.46. The van der Waals surface area contributed by atoms with Gasteiger partial charge in [0.15, 0.2) is 0 Å². The zero-order valence-corrected chi connectivity index (χ0v) is 21.4. The molecule has 0 unspecified atom stereocenters. The molecule has 8 atom stereocenters. The second-order valence-electron chi connectivity index (χ2n) is 12.2. The highest BCUT2D eigenvalue weighted by Crippen LogP contribution is 2.67. The van der Waals surface area contributed by atoms with Gasteiger partial charge in [0.1, 0.15) is 0 Å². The van der Waals surface area contributed by atoms with Crippen molar-refractivity contribution in [1.82, 2.24) is 4.90 Å². The fraction of sp³-hybridized carbons (Fsp3) is 0.963. The van der Waals surface area contributed by atoms with Gasteiger partial charge in [-0.2, -0.15) is 11.8 Å². The smallest absolute Gasteiger partial charge is 0.222 e. The second kappa shape index (κ2) is 8.64. The number of nitrogens with zero attached hydrogens (tertiary/aromatic N) is 1. The fourth-order valence-electron chi connectivity index (χ4n) is 9.05. The molecule has 4 fully saturated rings. The van der Waals surface area contributed by atoms with Crippen LogP contribution in [0.5, 0.6) is 0 Å². The van der Waals surface area contributed by atoms with E-state index in [-0.39, 0.29) is 0 Å². The van der Waals surface area contributed by atoms with Crippen molar-refractivity contribution in [3.63, 3.8) is 0 Å². The van der Waals surface area contributed by atoms with Gasteiger partial charge in [-0.25, -0.2) is 0 Å². The van der Waals surface area contributed by atoms with Crippen molar-refractivity contribution >= 4 is 17.7 Å². The molecule has 0 radical (unpaired) electrons. The molecule has 3 saturated carbocycles. The first-order chi connectivity index (χ1) is 14.2. The molecule has 1 heterocycles. The maximum atomic E-state index is 12.4. The molecule has 1 amide bonds. The summed E-state index contributed by atoms with van der Waals surface area (Å²) in [4.78, 5) is 14.5. The Hall–Kier alpha value is -0.180. The maximum Gasteiger partial charge on any atom is 0.222 e. The minimum Gasteiger partial charge on any atom is -0.342 e. The molecule has 4 aliphatic rings. The largest absolute Gasteiger partial charge is 0.342 e. The van der Waals surface area contributed by atoms with Crippen LogP contribution in [0.3, 0.4) is 0 Å². The van der Waals surface area contributed by atoms with Crippen molar-refractivity contribution in [3.05, 3.63) is 0 Å². The summed E-state index contributed by atoms with van der Waals surface area (Å²) in [5.74, 6) is 6.26. The van der Waals surface area contributed by atoms with E-state index in [1.807, 2.05) is 0 Å². The highest BCUT2D eigenvalue weighted by atomic mass is 32.2. The predicted molar refractivity (Wildman–Crippen MR) is 130 cm³/mol. The zero-order valence-electron chi connectivity index (χ0n) is 20.6. The highest BCUT2D eigenvalue weighted by molar-refractivity contribution is 7.99. The number of fused-ring (bicyclic) bond motifs is 5. The Morgan fingerprint density at radius 3 is 2.47 bits per heavy atom. The molecular formula is C27H47NOS. The van der Waals surface area contributed by atoms with Gasteiger partial charge in [-0.05, 0) is 109 Å². The molecule has 172 valence electrons. The van der Waals surface area contributed by atoms with Crippen molar-refractivity contribution in [2.24, 2.45) is 40.4 Å². The summed E-state index contributed by atoms with van der Waals surface area (Å²) in [6, 6.07) is 0.499. The minimum atomic E-state index is 0.366. The molecule has 3 aliphatic carbocycles. The molecular weight excluding hydrogens is 386 g/mol. The summed E-state index contributed by atoms with van der Waals surface area (Å²) in [6.45, 7) is 12.5. The lowest BCUT2D eigenvalue weighted by molar-refractivity contribution is -0.158. The number of rotatable bonds is 6. The van der Waals surface area contributed by atoms with Gasteiger partial charge in [-0.3, -0.25) is 4.79 Å². The zero-order chi connectivity index (χ0) is 21.7. The molecule has 0 aromatic heterocycles. The summed E-state index contributed by atoms with van der Waals surface area (Å²) >= 11 is 2.13. The molecule has 30 heavy (non-hydrogen) atoms. The first kappa shape index (κ1) is 23.0. The third kappa shape index (κ3) is 3.77. The normalized spacial score (nSPS) is 44.6. The van der Waals surface area contributed by atoms with E-state index in [1.54, 1.807) is 0 Å². The van der Waals surface area contributed by atoms with Crippen LogP contribution < -0.4 is 0 Å². The Morgan fingerprint density at radius 2 is 1.73 bits per heavy atom. The van der Waals surface area contributed by atoms with Gasteiger partial charge in [0, 0.05) is 19.5 Å². The summed E-state index contributed by atoms with van der Waals surface area (Å²) in [7, 11) is 2.09. The van der Waals surface area contributed by atoms with E-state index < -0.39 is 0 Å². The lowest BCUT2D eigenvalue weighted by Crippen LogP contribution is -2.61. The van der Waals surface area contributed by atoms with E-state index in [9.17, 15) is 4.79 Å². The van der Waals surface area contributed by atoms with Gasteiger partial charge in [-0.1, -0.05) is 34.6 Å². The predicted octanol–water partition coefficient (Wildman–Crippen LogP) is 7.02. The Morgan fingerprint density at radius 1 is 1.00 bits per heavy atom. The Kier molecular flexibility index (Phi) is 6.62. The van der Waals surface area contributed by atoms with E-state index in [4.69, 9.17) is 0 Å². The number of piperidine rings is 1. The monoisotopic (exact) mass is 433 g/mol. The van der Waals surface area contributed by atoms with Gasteiger partial charge in [0.05, 0.1) is 0 Å². The molecule has 0 aromatic rings. The number of amides is 1. The van der Waals surface area contributed by atoms with E-state index in [0.29, 0.717) is 22.8 Å². The molecule has 3 heteroatoms. The second-order valence-corrected chi connectivity index (χ2v) is 13.9. The number of hydrogen-bond donors (Lipinski definition) is 0. The quantitative estimate of drug-likeness (QED) is 0.419. The Labute approximate surface area is 190 Å². The van der Waals surface area contributed by atoms with Gasteiger partial charge in [-0.15, -0.1) is 0 Å². The van der Waals surface area contributed by atoms with E-state index >= 15 is 0 Å². The van der Waals surface area contributed by atoms with Gasteiger partial charge >= 0.3 is 0 Å². The number of thioether (sulfide) groups is 1. The van der Waals surface area contributed by atoms with Crippen LogP contribution in [0.25, 0.3) is 0 Å². The van der Waals surface area contributed by atoms with Gasteiger partial charge < -0.3 is 4.90 Å². The third-order valence-corrected chi connectivity index (χ3v) is 11.8. The molecule has 0 bridgehead atoms. The topological polar surface area (TPSA) is 20.3 Å². The first-order valence-electron chi connectivity index (χ1n) is 13.1. The molecule has 0 N–H and O–H groups in total. The molecule has 1 saturated heterocycles. The average molecular weight is 434 g/mol. The molecule has 4 rings (SSSR count). The SMILES string of the molecule is CC(C)SCCC[C@@H](C)[C@H]1CC[C@H]2[C@@H]3CC[C@H]4N(C)C(=O)CC[C@]4(C)[C@H]3CC[C@]12C. The Bertz CT molecular complexity index is 634. The molecule has 2 nitrogen and oxygen atoms in total. The van der Waals surface area contributed by atoms with Crippen LogP contribution in [0.1, 0.15) is 98.8 Å². The van der Waals surface area contributed by atoms with Gasteiger partial charge in [0.2, 0.25) is 5.91 Å². The van der Waals surface area contributed by atoms with Gasteiger partial charge in [0.25, 0.3) is 0 Å². The van der Waals surface area contributed by atoms with Crippen LogP contribution >= 0.6 is 11.8 Å². The van der Waals surface area contributed by atoms with E-state index in [0.717, 1.165) is 47.7 Å². The van der Waals surface area contributed by atoms with Crippen molar-refractivity contribution in [2.75, 3.05) is 12.8 Å².